The molecule has 1 aliphatic rings. The van der Waals surface area contributed by atoms with Crippen LogP contribution in [-0.4, -0.2) is 56.7 Å². The maximum atomic E-state index is 13.6. The Morgan fingerprint density at radius 2 is 2.12 bits per heavy atom. The third kappa shape index (κ3) is 4.23. The molecule has 1 atom stereocenters. The van der Waals surface area contributed by atoms with Gasteiger partial charge < -0.3 is 9.64 Å². The third-order valence-electron chi connectivity index (χ3n) is 5.90. The quantitative estimate of drug-likeness (QED) is 0.418. The van der Waals surface area contributed by atoms with E-state index in [1.807, 2.05) is 18.2 Å². The number of carbonyl (C=O) groups excluding carboxylic acids is 2. The molecule has 0 spiro atoms. The summed E-state index contributed by atoms with van der Waals surface area (Å²) in [5.74, 6) is -0.634. The van der Waals surface area contributed by atoms with Crippen molar-refractivity contribution in [1.82, 2.24) is 25.1 Å². The molecule has 33 heavy (non-hydrogen) atoms. The first-order chi connectivity index (χ1) is 16.1. The fraction of sp³-hybridized carbons (Fsp3) is 0.292. The van der Waals surface area contributed by atoms with Crippen LogP contribution in [0.1, 0.15) is 30.1 Å². The average molecular weight is 462 g/mol. The molecule has 0 radical (unpaired) electrons. The molecule has 1 fully saturated rings. The molecule has 1 unspecified atom stereocenters. The normalized spacial score (nSPS) is 16.2. The van der Waals surface area contributed by atoms with Gasteiger partial charge in [-0.1, -0.05) is 18.2 Å². The summed E-state index contributed by atoms with van der Waals surface area (Å²) >= 11 is 1.67. The highest BCUT2D eigenvalue weighted by Gasteiger charge is 2.30. The van der Waals surface area contributed by atoms with Crippen molar-refractivity contribution in [2.24, 2.45) is 5.92 Å². The van der Waals surface area contributed by atoms with E-state index in [9.17, 15) is 9.59 Å². The molecule has 0 N–H and O–H groups in total. The lowest BCUT2D eigenvalue weighted by molar-refractivity contribution is -0.149. The van der Waals surface area contributed by atoms with Gasteiger partial charge >= 0.3 is 5.97 Å². The minimum absolute atomic E-state index is 0.112. The van der Waals surface area contributed by atoms with Crippen molar-refractivity contribution >= 4 is 33.3 Å². The summed E-state index contributed by atoms with van der Waals surface area (Å²) in [4.78, 5) is 27.6. The number of aromatic nitrogens is 4. The Morgan fingerprint density at radius 1 is 1.21 bits per heavy atom. The Labute approximate surface area is 194 Å². The van der Waals surface area contributed by atoms with Crippen molar-refractivity contribution in [2.75, 3.05) is 19.7 Å². The van der Waals surface area contributed by atoms with Crippen LogP contribution in [0, 0.1) is 5.92 Å². The van der Waals surface area contributed by atoms with Gasteiger partial charge in [-0.2, -0.15) is 0 Å². The zero-order valence-electron chi connectivity index (χ0n) is 18.2. The van der Waals surface area contributed by atoms with Gasteiger partial charge in [0.15, 0.2) is 0 Å². The summed E-state index contributed by atoms with van der Waals surface area (Å²) in [6, 6.07) is 13.9. The number of rotatable bonds is 5. The standard InChI is InChI=1S/C24H23N5O3S/c1-2-32-24(31)17-6-4-9-28(14-17)23(30)19-11-18(12-20(13-19)29-15-25-26-27-29)21-7-3-5-16-8-10-33-22(16)21/h3,5,7-8,10-13,15,17H,2,4,6,9,14H2,1H3. The minimum Gasteiger partial charge on any atom is -0.466 e. The summed E-state index contributed by atoms with van der Waals surface area (Å²) in [5.41, 5.74) is 3.21. The van der Waals surface area contributed by atoms with Crippen molar-refractivity contribution in [1.29, 1.82) is 0 Å². The van der Waals surface area contributed by atoms with Crippen LogP contribution < -0.4 is 0 Å². The molecule has 9 heteroatoms. The van der Waals surface area contributed by atoms with Crippen molar-refractivity contribution in [3.05, 3.63) is 59.7 Å². The van der Waals surface area contributed by atoms with Gasteiger partial charge in [-0.15, -0.1) is 16.4 Å². The zero-order valence-corrected chi connectivity index (χ0v) is 19.0. The van der Waals surface area contributed by atoms with Gasteiger partial charge in [-0.25, -0.2) is 4.68 Å². The van der Waals surface area contributed by atoms with Crippen molar-refractivity contribution in [3.63, 3.8) is 0 Å². The second kappa shape index (κ2) is 9.11. The predicted molar refractivity (Wildman–Crippen MR) is 125 cm³/mol. The average Bonchev–Trinajstić information content (AvgIpc) is 3.56. The number of fused-ring (bicyclic) bond motifs is 1. The molecule has 5 rings (SSSR count). The van der Waals surface area contributed by atoms with Gasteiger partial charge in [-0.3, -0.25) is 9.59 Å². The van der Waals surface area contributed by atoms with E-state index in [1.165, 1.54) is 6.33 Å². The number of ether oxygens (including phenoxy) is 1. The monoisotopic (exact) mass is 461 g/mol. The molecule has 3 heterocycles. The Kier molecular flexibility index (Phi) is 5.87. The molecule has 0 bridgehead atoms. The second-order valence-electron chi connectivity index (χ2n) is 8.01. The molecule has 2 aromatic heterocycles. The molecular weight excluding hydrogens is 438 g/mol. The first kappa shape index (κ1) is 21.3. The van der Waals surface area contributed by atoms with E-state index in [2.05, 4.69) is 39.1 Å². The van der Waals surface area contributed by atoms with Crippen LogP contribution in [0.2, 0.25) is 0 Å². The van der Waals surface area contributed by atoms with Crippen LogP contribution in [0.5, 0.6) is 0 Å². The Morgan fingerprint density at radius 3 is 2.94 bits per heavy atom. The summed E-state index contributed by atoms with van der Waals surface area (Å²) in [6.07, 6.45) is 3.01. The fourth-order valence-corrected chi connectivity index (χ4v) is 5.25. The Balaban J connectivity index is 1.54. The highest BCUT2D eigenvalue weighted by Crippen LogP contribution is 2.34. The van der Waals surface area contributed by atoms with Crippen LogP contribution in [0.3, 0.4) is 0 Å². The van der Waals surface area contributed by atoms with Gasteiger partial charge in [0.25, 0.3) is 5.91 Å². The van der Waals surface area contributed by atoms with Crippen LogP contribution >= 0.6 is 11.3 Å². The highest BCUT2D eigenvalue weighted by atomic mass is 32.1. The van der Waals surface area contributed by atoms with E-state index >= 15 is 0 Å². The number of benzene rings is 2. The number of piperidine rings is 1. The van der Waals surface area contributed by atoms with E-state index in [1.54, 1.807) is 33.9 Å². The van der Waals surface area contributed by atoms with E-state index in [0.717, 1.165) is 34.1 Å². The molecule has 4 aromatic rings. The third-order valence-corrected chi connectivity index (χ3v) is 6.86. The topological polar surface area (TPSA) is 90.2 Å². The first-order valence-electron chi connectivity index (χ1n) is 10.9. The molecular formula is C24H23N5O3S. The number of likely N-dealkylation sites (tertiary alicyclic amines) is 1. The number of thiophene rings is 1. The largest absolute Gasteiger partial charge is 0.466 e. The van der Waals surface area contributed by atoms with E-state index in [0.29, 0.717) is 30.9 Å². The number of nitrogens with zero attached hydrogens (tertiary/aromatic N) is 5. The van der Waals surface area contributed by atoms with Crippen LogP contribution in [0.15, 0.2) is 54.2 Å². The van der Waals surface area contributed by atoms with Gasteiger partial charge in [-0.05, 0) is 76.4 Å². The fourth-order valence-electron chi connectivity index (χ4n) is 4.32. The SMILES string of the molecule is CCOC(=O)C1CCCN(C(=O)c2cc(-c3cccc4ccsc34)cc(-n3cnnn3)c2)C1. The molecule has 2 aromatic carbocycles. The lowest BCUT2D eigenvalue weighted by atomic mass is 9.96. The van der Waals surface area contributed by atoms with E-state index in [-0.39, 0.29) is 17.8 Å². The predicted octanol–water partition coefficient (Wildman–Crippen LogP) is 3.96. The van der Waals surface area contributed by atoms with Gasteiger partial charge in [0.2, 0.25) is 0 Å². The number of hydrogen-bond donors (Lipinski definition) is 0. The molecule has 8 nitrogen and oxygen atoms in total. The van der Waals surface area contributed by atoms with Crippen LogP contribution in [-0.2, 0) is 9.53 Å². The summed E-state index contributed by atoms with van der Waals surface area (Å²) in [7, 11) is 0. The first-order valence-corrected chi connectivity index (χ1v) is 11.8. The van der Waals surface area contributed by atoms with Gasteiger partial charge in [0, 0.05) is 23.4 Å². The number of amides is 1. The summed E-state index contributed by atoms with van der Waals surface area (Å²) < 4.78 is 7.90. The Bertz CT molecular complexity index is 1300. The molecule has 0 saturated carbocycles. The van der Waals surface area contributed by atoms with Gasteiger partial charge in [0.05, 0.1) is 18.2 Å². The zero-order chi connectivity index (χ0) is 22.8. The van der Waals surface area contributed by atoms with Crippen molar-refractivity contribution in [2.45, 2.75) is 19.8 Å². The smallest absolute Gasteiger partial charge is 0.310 e. The molecule has 0 aliphatic carbocycles. The number of hydrogen-bond acceptors (Lipinski definition) is 7. The number of carbonyl (C=O) groups is 2. The number of esters is 1. The highest BCUT2D eigenvalue weighted by molar-refractivity contribution is 7.17. The van der Waals surface area contributed by atoms with Crippen LogP contribution in [0.4, 0.5) is 0 Å². The van der Waals surface area contributed by atoms with E-state index < -0.39 is 0 Å². The Hall–Kier alpha value is -3.59. The van der Waals surface area contributed by atoms with Crippen LogP contribution in [0.25, 0.3) is 26.9 Å². The number of tetrazole rings is 1. The maximum absolute atomic E-state index is 13.6. The molecule has 1 aliphatic heterocycles. The van der Waals surface area contributed by atoms with Gasteiger partial charge in [0.1, 0.15) is 6.33 Å². The maximum Gasteiger partial charge on any atom is 0.310 e. The minimum atomic E-state index is -0.287. The summed E-state index contributed by atoms with van der Waals surface area (Å²) in [5, 5.41) is 14.7. The lowest BCUT2D eigenvalue weighted by Crippen LogP contribution is -2.42. The molecule has 1 amide bonds. The molecule has 1 saturated heterocycles. The van der Waals surface area contributed by atoms with Crippen molar-refractivity contribution < 1.29 is 14.3 Å². The lowest BCUT2D eigenvalue weighted by Gasteiger charge is -2.31. The van der Waals surface area contributed by atoms with E-state index in [4.69, 9.17) is 4.74 Å². The second-order valence-corrected chi connectivity index (χ2v) is 8.93. The van der Waals surface area contributed by atoms with Crippen molar-refractivity contribution in [3.8, 4) is 16.8 Å². The summed E-state index contributed by atoms with van der Waals surface area (Å²) in [6.45, 7) is 3.11. The molecule has 168 valence electrons.